The fraction of sp³-hybridized carbons (Fsp3) is 0.333. The zero-order valence-corrected chi connectivity index (χ0v) is 19.6. The molecule has 0 aliphatic rings. The molecule has 2 rings (SSSR count). The molecule has 2 aromatic rings. The number of carbonyl (C=O) groups is 1. The lowest BCUT2D eigenvalue weighted by molar-refractivity contribution is 0.0954. The molecule has 1 atom stereocenters. The van der Waals surface area contributed by atoms with Crippen molar-refractivity contribution in [1.82, 2.24) is 16.0 Å². The Morgan fingerprint density at radius 2 is 1.77 bits per heavy atom. The highest BCUT2D eigenvalue weighted by Gasteiger charge is 2.08. The van der Waals surface area contributed by atoms with E-state index in [-0.39, 0.29) is 41.8 Å². The van der Waals surface area contributed by atoms with Crippen LogP contribution in [0.1, 0.15) is 17.3 Å². The number of halogens is 2. The van der Waals surface area contributed by atoms with Gasteiger partial charge < -0.3 is 25.4 Å². The average molecular weight is 530 g/mol. The van der Waals surface area contributed by atoms with Crippen LogP contribution in [0, 0.1) is 5.82 Å². The molecule has 2 aromatic carbocycles. The van der Waals surface area contributed by atoms with Gasteiger partial charge >= 0.3 is 0 Å². The van der Waals surface area contributed by atoms with Crippen LogP contribution in [0.15, 0.2) is 53.5 Å². The van der Waals surface area contributed by atoms with Crippen molar-refractivity contribution in [3.05, 3.63) is 59.9 Å². The smallest absolute Gasteiger partial charge is 0.251 e. The normalized spacial score (nSPS) is 11.7. The predicted octanol–water partition coefficient (Wildman–Crippen LogP) is 2.81. The van der Waals surface area contributed by atoms with E-state index < -0.39 is 0 Å². The van der Waals surface area contributed by atoms with Gasteiger partial charge in [0.25, 0.3) is 5.91 Å². The van der Waals surface area contributed by atoms with E-state index in [1.165, 1.54) is 12.1 Å². The number of nitrogens with one attached hydrogen (secondary N) is 3. The lowest BCUT2D eigenvalue weighted by atomic mass is 10.2. The van der Waals surface area contributed by atoms with E-state index in [1.54, 1.807) is 50.6 Å². The van der Waals surface area contributed by atoms with Crippen LogP contribution < -0.4 is 25.4 Å². The van der Waals surface area contributed by atoms with Crippen molar-refractivity contribution in [2.24, 2.45) is 4.99 Å². The Bertz CT molecular complexity index is 835. The maximum absolute atomic E-state index is 13.2. The summed E-state index contributed by atoms with van der Waals surface area (Å²) in [5.41, 5.74) is 0.537. The van der Waals surface area contributed by atoms with Crippen LogP contribution >= 0.6 is 24.0 Å². The lowest BCUT2D eigenvalue weighted by Crippen LogP contribution is -2.44. The Morgan fingerprint density at radius 3 is 2.47 bits per heavy atom. The van der Waals surface area contributed by atoms with E-state index >= 15 is 0 Å². The number of rotatable bonds is 9. The quantitative estimate of drug-likeness (QED) is 0.201. The zero-order chi connectivity index (χ0) is 21.1. The second kappa shape index (κ2) is 13.6. The predicted molar refractivity (Wildman–Crippen MR) is 127 cm³/mol. The number of benzene rings is 2. The third kappa shape index (κ3) is 8.85. The Labute approximate surface area is 193 Å². The topological polar surface area (TPSA) is 84.0 Å². The van der Waals surface area contributed by atoms with Gasteiger partial charge in [-0.1, -0.05) is 12.1 Å². The summed E-state index contributed by atoms with van der Waals surface area (Å²) < 4.78 is 24.0. The second-order valence-electron chi connectivity index (χ2n) is 6.25. The summed E-state index contributed by atoms with van der Waals surface area (Å²) in [5, 5.41) is 9.07. The highest BCUT2D eigenvalue weighted by atomic mass is 127. The lowest BCUT2D eigenvalue weighted by Gasteiger charge is -2.18. The minimum Gasteiger partial charge on any atom is -0.497 e. The van der Waals surface area contributed by atoms with Crippen molar-refractivity contribution in [2.75, 3.05) is 33.8 Å². The molecule has 0 aliphatic heterocycles. The number of hydrogen-bond donors (Lipinski definition) is 3. The number of ether oxygens (including phenoxy) is 2. The minimum atomic E-state index is -0.337. The first kappa shape index (κ1) is 25.5. The van der Waals surface area contributed by atoms with Crippen molar-refractivity contribution in [2.45, 2.75) is 13.0 Å². The van der Waals surface area contributed by atoms with Crippen molar-refractivity contribution in [1.29, 1.82) is 0 Å². The SMILES string of the molecule is CN=C(NCCNC(=O)c1cccc(OC)c1)NCC(C)Oc1cccc(F)c1.I. The van der Waals surface area contributed by atoms with Crippen molar-refractivity contribution < 1.29 is 18.7 Å². The van der Waals surface area contributed by atoms with Gasteiger partial charge in [-0.25, -0.2) is 4.39 Å². The Morgan fingerprint density at radius 1 is 1.07 bits per heavy atom. The molecule has 0 saturated carbocycles. The fourth-order valence-electron chi connectivity index (χ4n) is 2.50. The van der Waals surface area contributed by atoms with Crippen molar-refractivity contribution in [3.63, 3.8) is 0 Å². The number of carbonyl (C=O) groups excluding carboxylic acids is 1. The second-order valence-corrected chi connectivity index (χ2v) is 6.25. The largest absolute Gasteiger partial charge is 0.497 e. The summed E-state index contributed by atoms with van der Waals surface area (Å²) in [7, 11) is 3.21. The van der Waals surface area contributed by atoms with E-state index in [2.05, 4.69) is 20.9 Å². The van der Waals surface area contributed by atoms with Gasteiger partial charge in [-0.15, -0.1) is 24.0 Å². The molecule has 0 saturated heterocycles. The highest BCUT2D eigenvalue weighted by Crippen LogP contribution is 2.13. The van der Waals surface area contributed by atoms with Crippen LogP contribution in [-0.4, -0.2) is 51.8 Å². The molecule has 0 heterocycles. The highest BCUT2D eigenvalue weighted by molar-refractivity contribution is 14.0. The molecule has 0 aromatic heterocycles. The average Bonchev–Trinajstić information content (AvgIpc) is 2.73. The molecule has 3 N–H and O–H groups in total. The molecule has 1 unspecified atom stereocenters. The number of methoxy groups -OCH3 is 1. The van der Waals surface area contributed by atoms with Gasteiger partial charge in [0.2, 0.25) is 0 Å². The van der Waals surface area contributed by atoms with Gasteiger partial charge in [0.15, 0.2) is 5.96 Å². The van der Waals surface area contributed by atoms with Gasteiger partial charge in [0.1, 0.15) is 23.4 Å². The third-order valence-electron chi connectivity index (χ3n) is 3.95. The molecule has 164 valence electrons. The summed E-state index contributed by atoms with van der Waals surface area (Å²) in [6, 6.07) is 13.0. The van der Waals surface area contributed by atoms with E-state index in [4.69, 9.17) is 9.47 Å². The van der Waals surface area contributed by atoms with E-state index in [0.29, 0.717) is 42.7 Å². The first-order chi connectivity index (χ1) is 14.0. The summed E-state index contributed by atoms with van der Waals surface area (Å²) in [5.74, 6) is 1.18. The molecule has 30 heavy (non-hydrogen) atoms. The Kier molecular flexibility index (Phi) is 11.6. The van der Waals surface area contributed by atoms with Crippen molar-refractivity contribution >= 4 is 35.8 Å². The molecule has 1 amide bonds. The zero-order valence-electron chi connectivity index (χ0n) is 17.3. The van der Waals surface area contributed by atoms with Crippen LogP contribution in [0.4, 0.5) is 4.39 Å². The molecule has 0 fully saturated rings. The Hall–Kier alpha value is -2.56. The van der Waals surface area contributed by atoms with Gasteiger partial charge in [0, 0.05) is 31.8 Å². The number of amides is 1. The molecule has 9 heteroatoms. The summed E-state index contributed by atoms with van der Waals surface area (Å²) in [6.07, 6.45) is -0.192. The first-order valence-corrected chi connectivity index (χ1v) is 9.31. The van der Waals surface area contributed by atoms with Crippen LogP contribution in [0.3, 0.4) is 0 Å². The monoisotopic (exact) mass is 530 g/mol. The summed E-state index contributed by atoms with van der Waals surface area (Å²) in [4.78, 5) is 16.3. The van der Waals surface area contributed by atoms with Gasteiger partial charge in [0.05, 0.1) is 13.7 Å². The molecule has 7 nitrogen and oxygen atoms in total. The van der Waals surface area contributed by atoms with Crippen LogP contribution in [-0.2, 0) is 0 Å². The third-order valence-corrected chi connectivity index (χ3v) is 3.95. The number of hydrogen-bond acceptors (Lipinski definition) is 4. The summed E-state index contributed by atoms with van der Waals surface area (Å²) in [6.45, 7) is 3.27. The Balaban J connectivity index is 0.00000450. The van der Waals surface area contributed by atoms with Crippen LogP contribution in [0.2, 0.25) is 0 Å². The van der Waals surface area contributed by atoms with Crippen LogP contribution in [0.25, 0.3) is 0 Å². The standard InChI is InChI=1S/C21H27FN4O3.HI/c1-15(29-19-9-5-7-17(22)13-19)14-26-21(23-2)25-11-10-24-20(27)16-6-4-8-18(12-16)28-3;/h4-9,12-13,15H,10-11,14H2,1-3H3,(H,24,27)(H2,23,25,26);1H. The first-order valence-electron chi connectivity index (χ1n) is 9.31. The van der Waals surface area contributed by atoms with Gasteiger partial charge in [-0.3, -0.25) is 9.79 Å². The van der Waals surface area contributed by atoms with E-state index in [9.17, 15) is 9.18 Å². The maximum Gasteiger partial charge on any atom is 0.251 e. The van der Waals surface area contributed by atoms with Crippen molar-refractivity contribution in [3.8, 4) is 11.5 Å². The molecular formula is C21H28FIN4O3. The molecule has 0 radical (unpaired) electrons. The number of aliphatic imine (C=N–C) groups is 1. The fourth-order valence-corrected chi connectivity index (χ4v) is 2.50. The number of guanidine groups is 1. The van der Waals surface area contributed by atoms with Gasteiger partial charge in [-0.2, -0.15) is 0 Å². The number of nitrogens with zero attached hydrogens (tertiary/aromatic N) is 1. The van der Waals surface area contributed by atoms with Crippen LogP contribution in [0.5, 0.6) is 11.5 Å². The maximum atomic E-state index is 13.2. The van der Waals surface area contributed by atoms with E-state index in [1.807, 2.05) is 6.92 Å². The van der Waals surface area contributed by atoms with E-state index in [0.717, 1.165) is 0 Å². The molecule has 0 aliphatic carbocycles. The molecule has 0 bridgehead atoms. The minimum absolute atomic E-state index is 0. The summed E-state index contributed by atoms with van der Waals surface area (Å²) >= 11 is 0. The molecule has 0 spiro atoms. The van der Waals surface area contributed by atoms with Gasteiger partial charge in [-0.05, 0) is 37.3 Å². The molecular weight excluding hydrogens is 502 g/mol.